The summed E-state index contributed by atoms with van der Waals surface area (Å²) in [6.07, 6.45) is 3.03. The van der Waals surface area contributed by atoms with E-state index in [2.05, 4.69) is 20.3 Å². The van der Waals surface area contributed by atoms with Gasteiger partial charge in [-0.15, -0.1) is 0 Å². The van der Waals surface area contributed by atoms with Crippen LogP contribution in [-0.2, 0) is 0 Å². The van der Waals surface area contributed by atoms with Gasteiger partial charge in [-0.25, -0.2) is 9.97 Å². The van der Waals surface area contributed by atoms with Gasteiger partial charge in [0, 0.05) is 23.1 Å². The van der Waals surface area contributed by atoms with Crippen molar-refractivity contribution in [2.45, 2.75) is 19.9 Å². The van der Waals surface area contributed by atoms with Crippen molar-refractivity contribution in [3.63, 3.8) is 0 Å². The standard InChI is InChI=1S/C25H20ClN5O2/c1-14-12-27-23-21(22(14)32)24(29-13-28-23)30-15(2)19-11-16-7-6-10-18(26)20(16)25(33)31(19)17-8-4-3-5-9-17/h3-13,15H,1-2H3,(H2,27,28,29,30,32)/t15-/m0/s1. The minimum atomic E-state index is -0.376. The van der Waals surface area contributed by atoms with Crippen LogP contribution in [0.5, 0.6) is 0 Å². The van der Waals surface area contributed by atoms with E-state index >= 15 is 0 Å². The van der Waals surface area contributed by atoms with Gasteiger partial charge in [0.25, 0.3) is 5.56 Å². The molecular formula is C25H20ClN5O2. The molecule has 0 fully saturated rings. The third-order valence-corrected chi connectivity index (χ3v) is 6.01. The Balaban J connectivity index is 1.72. The number of hydrogen-bond acceptors (Lipinski definition) is 5. The van der Waals surface area contributed by atoms with E-state index in [4.69, 9.17) is 11.6 Å². The lowest BCUT2D eigenvalue weighted by atomic mass is 10.1. The van der Waals surface area contributed by atoms with Gasteiger partial charge in [-0.3, -0.25) is 14.2 Å². The smallest absolute Gasteiger partial charge is 0.264 e. The summed E-state index contributed by atoms with van der Waals surface area (Å²) in [7, 11) is 0. The van der Waals surface area contributed by atoms with E-state index in [9.17, 15) is 9.59 Å². The number of anilines is 1. The highest BCUT2D eigenvalue weighted by atomic mass is 35.5. The maximum Gasteiger partial charge on any atom is 0.264 e. The van der Waals surface area contributed by atoms with E-state index in [-0.39, 0.29) is 17.0 Å². The number of aryl methyl sites for hydroxylation is 1. The van der Waals surface area contributed by atoms with Crippen LogP contribution in [0.25, 0.3) is 27.5 Å². The van der Waals surface area contributed by atoms with E-state index in [0.29, 0.717) is 44.2 Å². The molecule has 0 aliphatic rings. The molecular weight excluding hydrogens is 438 g/mol. The van der Waals surface area contributed by atoms with Gasteiger partial charge in [0.2, 0.25) is 0 Å². The second-order valence-electron chi connectivity index (χ2n) is 7.86. The average molecular weight is 458 g/mol. The Hall–Kier alpha value is -3.97. The Kier molecular flexibility index (Phi) is 5.18. The molecule has 0 bridgehead atoms. The van der Waals surface area contributed by atoms with E-state index in [1.165, 1.54) is 6.33 Å². The maximum absolute atomic E-state index is 13.6. The predicted molar refractivity (Wildman–Crippen MR) is 131 cm³/mol. The lowest BCUT2D eigenvalue weighted by Crippen LogP contribution is -2.26. The first-order valence-corrected chi connectivity index (χ1v) is 10.8. The molecule has 5 rings (SSSR count). The van der Waals surface area contributed by atoms with Crippen LogP contribution in [0.3, 0.4) is 0 Å². The quantitative estimate of drug-likeness (QED) is 0.406. The number of pyridine rings is 2. The molecule has 0 amide bonds. The van der Waals surface area contributed by atoms with Crippen molar-refractivity contribution < 1.29 is 0 Å². The van der Waals surface area contributed by atoms with Crippen LogP contribution < -0.4 is 16.3 Å². The topological polar surface area (TPSA) is 92.7 Å². The fourth-order valence-corrected chi connectivity index (χ4v) is 4.30. The van der Waals surface area contributed by atoms with Gasteiger partial charge in [-0.1, -0.05) is 41.9 Å². The number of halogens is 1. The number of hydrogen-bond donors (Lipinski definition) is 2. The first kappa shape index (κ1) is 20.9. The average Bonchev–Trinajstić information content (AvgIpc) is 2.82. The number of para-hydroxylation sites is 1. The molecule has 0 spiro atoms. The monoisotopic (exact) mass is 457 g/mol. The lowest BCUT2D eigenvalue weighted by Gasteiger charge is -2.22. The molecule has 3 aromatic heterocycles. The van der Waals surface area contributed by atoms with Crippen LogP contribution in [-0.4, -0.2) is 19.5 Å². The fourth-order valence-electron chi connectivity index (χ4n) is 4.04. The molecule has 8 heteroatoms. The zero-order chi connectivity index (χ0) is 23.1. The van der Waals surface area contributed by atoms with Gasteiger partial charge in [0.05, 0.1) is 16.5 Å². The van der Waals surface area contributed by atoms with E-state index < -0.39 is 0 Å². The summed E-state index contributed by atoms with van der Waals surface area (Å²) >= 11 is 6.40. The van der Waals surface area contributed by atoms with Crippen molar-refractivity contribution in [3.05, 3.63) is 104 Å². The molecule has 2 N–H and O–H groups in total. The molecule has 1 atom stereocenters. The molecule has 7 nitrogen and oxygen atoms in total. The van der Waals surface area contributed by atoms with Crippen molar-refractivity contribution in [1.82, 2.24) is 19.5 Å². The molecule has 3 heterocycles. The highest BCUT2D eigenvalue weighted by molar-refractivity contribution is 6.35. The van der Waals surface area contributed by atoms with E-state index in [0.717, 1.165) is 5.39 Å². The number of rotatable bonds is 4. The summed E-state index contributed by atoms with van der Waals surface area (Å²) in [5.74, 6) is 0.399. The first-order chi connectivity index (χ1) is 16.0. The van der Waals surface area contributed by atoms with Gasteiger partial charge >= 0.3 is 0 Å². The number of aromatic nitrogens is 4. The number of benzene rings is 2. The lowest BCUT2D eigenvalue weighted by molar-refractivity contribution is 0.774. The van der Waals surface area contributed by atoms with Crippen molar-refractivity contribution in [2.24, 2.45) is 0 Å². The minimum Gasteiger partial charge on any atom is -0.361 e. The molecule has 0 saturated carbocycles. The SMILES string of the molecule is Cc1c[nH]c2ncnc(N[C@@H](C)c3cc4cccc(Cl)c4c(=O)n3-c3ccccc3)c2c1=O. The number of aromatic amines is 1. The highest BCUT2D eigenvalue weighted by Gasteiger charge is 2.19. The van der Waals surface area contributed by atoms with Crippen LogP contribution in [0.15, 0.2) is 76.7 Å². The molecule has 0 saturated heterocycles. The Morgan fingerprint density at radius 2 is 1.82 bits per heavy atom. The molecule has 0 radical (unpaired) electrons. The molecule has 0 aliphatic carbocycles. The summed E-state index contributed by atoms with van der Waals surface area (Å²) in [6, 6.07) is 16.3. The van der Waals surface area contributed by atoms with Gasteiger partial charge in [-0.05, 0) is 43.5 Å². The Labute approximate surface area is 193 Å². The number of H-pyrrole nitrogens is 1. The maximum atomic E-state index is 13.6. The number of fused-ring (bicyclic) bond motifs is 2. The predicted octanol–water partition coefficient (Wildman–Crippen LogP) is 4.76. The Morgan fingerprint density at radius 1 is 1.03 bits per heavy atom. The van der Waals surface area contributed by atoms with Crippen molar-refractivity contribution >= 4 is 39.2 Å². The normalized spacial score (nSPS) is 12.2. The zero-order valence-electron chi connectivity index (χ0n) is 18.0. The van der Waals surface area contributed by atoms with Crippen molar-refractivity contribution in [3.8, 4) is 5.69 Å². The van der Waals surface area contributed by atoms with Crippen LogP contribution >= 0.6 is 11.6 Å². The Morgan fingerprint density at radius 3 is 2.61 bits per heavy atom. The minimum absolute atomic E-state index is 0.148. The molecule has 2 aromatic carbocycles. The zero-order valence-corrected chi connectivity index (χ0v) is 18.7. The summed E-state index contributed by atoms with van der Waals surface area (Å²) in [5.41, 5.74) is 2.07. The van der Waals surface area contributed by atoms with Gasteiger partial charge in [0.15, 0.2) is 5.43 Å². The molecule has 33 heavy (non-hydrogen) atoms. The van der Waals surface area contributed by atoms with E-state index in [1.54, 1.807) is 23.8 Å². The second-order valence-corrected chi connectivity index (χ2v) is 8.27. The van der Waals surface area contributed by atoms with Gasteiger partial charge in [0.1, 0.15) is 23.2 Å². The highest BCUT2D eigenvalue weighted by Crippen LogP contribution is 2.27. The molecule has 5 aromatic rings. The molecule has 164 valence electrons. The largest absolute Gasteiger partial charge is 0.361 e. The fraction of sp³-hybridized carbons (Fsp3) is 0.120. The molecule has 0 unspecified atom stereocenters. The van der Waals surface area contributed by atoms with Crippen LogP contribution in [0.4, 0.5) is 5.82 Å². The van der Waals surface area contributed by atoms with Crippen LogP contribution in [0.1, 0.15) is 24.2 Å². The third-order valence-electron chi connectivity index (χ3n) is 5.69. The summed E-state index contributed by atoms with van der Waals surface area (Å²) in [5, 5.41) is 5.30. The second kappa shape index (κ2) is 8.18. The van der Waals surface area contributed by atoms with E-state index in [1.807, 2.05) is 55.5 Å². The van der Waals surface area contributed by atoms with Crippen LogP contribution in [0, 0.1) is 6.92 Å². The number of nitrogens with one attached hydrogen (secondary N) is 2. The third kappa shape index (κ3) is 3.56. The van der Waals surface area contributed by atoms with Crippen LogP contribution in [0.2, 0.25) is 5.02 Å². The number of nitrogens with zero attached hydrogens (tertiary/aromatic N) is 3. The van der Waals surface area contributed by atoms with Crippen molar-refractivity contribution in [2.75, 3.05) is 5.32 Å². The molecule has 0 aliphatic heterocycles. The summed E-state index contributed by atoms with van der Waals surface area (Å²) in [6.45, 7) is 3.65. The summed E-state index contributed by atoms with van der Waals surface area (Å²) in [4.78, 5) is 38.0. The van der Waals surface area contributed by atoms with Crippen molar-refractivity contribution in [1.29, 1.82) is 0 Å². The van der Waals surface area contributed by atoms with Gasteiger partial charge < -0.3 is 10.3 Å². The Bertz CT molecular complexity index is 1630. The van der Waals surface area contributed by atoms with Gasteiger partial charge in [-0.2, -0.15) is 0 Å². The summed E-state index contributed by atoms with van der Waals surface area (Å²) < 4.78 is 1.64. The first-order valence-electron chi connectivity index (χ1n) is 10.4.